The predicted octanol–water partition coefficient (Wildman–Crippen LogP) is 4.44. The summed E-state index contributed by atoms with van der Waals surface area (Å²) >= 11 is 0. The molecule has 0 bridgehead atoms. The lowest BCUT2D eigenvalue weighted by Gasteiger charge is -2.09. The van der Waals surface area contributed by atoms with Gasteiger partial charge in [0, 0.05) is 12.7 Å². The van der Waals surface area contributed by atoms with Crippen LogP contribution in [0, 0.1) is 0 Å². The third kappa shape index (κ3) is 9.35. The fourth-order valence-electron chi connectivity index (χ4n) is 2.22. The molecule has 166 valence electrons. The van der Waals surface area contributed by atoms with Gasteiger partial charge in [-0.15, -0.1) is 0 Å². The van der Waals surface area contributed by atoms with Gasteiger partial charge in [-0.25, -0.2) is 9.59 Å². The Morgan fingerprint density at radius 1 is 0.935 bits per heavy atom. The summed E-state index contributed by atoms with van der Waals surface area (Å²) in [4.78, 5) is 23.7. The van der Waals surface area contributed by atoms with Crippen molar-refractivity contribution in [3.05, 3.63) is 65.7 Å². The molecule has 2 rings (SSSR count). The van der Waals surface area contributed by atoms with Gasteiger partial charge in [0.05, 0.1) is 12.2 Å². The van der Waals surface area contributed by atoms with E-state index in [1.165, 1.54) is 30.3 Å². The number of benzene rings is 2. The van der Waals surface area contributed by atoms with E-state index < -0.39 is 24.7 Å². The summed E-state index contributed by atoms with van der Waals surface area (Å²) in [7, 11) is 0. The van der Waals surface area contributed by atoms with Gasteiger partial charge in [0.1, 0.15) is 18.1 Å². The van der Waals surface area contributed by atoms with Crippen molar-refractivity contribution < 1.29 is 41.7 Å². The second kappa shape index (κ2) is 11.8. The van der Waals surface area contributed by atoms with E-state index in [0.29, 0.717) is 18.8 Å². The van der Waals surface area contributed by atoms with Crippen LogP contribution < -0.4 is 9.47 Å². The zero-order valence-corrected chi connectivity index (χ0v) is 16.7. The molecule has 0 aliphatic heterocycles. The van der Waals surface area contributed by atoms with Crippen molar-refractivity contribution in [3.8, 4) is 11.5 Å². The van der Waals surface area contributed by atoms with Gasteiger partial charge in [-0.2, -0.15) is 13.2 Å². The van der Waals surface area contributed by atoms with Crippen molar-refractivity contribution in [3.63, 3.8) is 0 Å². The number of hydrogen-bond acceptors (Lipinski definition) is 6. The van der Waals surface area contributed by atoms with Crippen LogP contribution in [0.2, 0.25) is 0 Å². The zero-order chi connectivity index (χ0) is 22.7. The molecular formula is C22H21F3O6. The number of carbonyl (C=O) groups excluding carboxylic acids is 2. The van der Waals surface area contributed by atoms with Crippen LogP contribution in [0.15, 0.2) is 54.6 Å². The molecule has 0 atom stereocenters. The highest BCUT2D eigenvalue weighted by Crippen LogP contribution is 2.20. The Bertz CT molecular complexity index is 874. The maximum absolute atomic E-state index is 12.2. The normalized spacial score (nSPS) is 11.4. The van der Waals surface area contributed by atoms with E-state index in [2.05, 4.69) is 4.74 Å². The molecule has 31 heavy (non-hydrogen) atoms. The Morgan fingerprint density at radius 2 is 1.58 bits per heavy atom. The minimum absolute atomic E-state index is 0.0126. The van der Waals surface area contributed by atoms with Gasteiger partial charge in [-0.05, 0) is 55.0 Å². The van der Waals surface area contributed by atoms with Crippen LogP contribution in [-0.2, 0) is 14.3 Å². The summed E-state index contributed by atoms with van der Waals surface area (Å²) < 4.78 is 56.3. The van der Waals surface area contributed by atoms with Crippen LogP contribution in [0.1, 0.15) is 22.8 Å². The van der Waals surface area contributed by atoms with E-state index in [-0.39, 0.29) is 23.7 Å². The average Bonchev–Trinajstić information content (AvgIpc) is 2.74. The Labute approximate surface area is 177 Å². The lowest BCUT2D eigenvalue weighted by Crippen LogP contribution is -2.19. The minimum atomic E-state index is -4.44. The lowest BCUT2D eigenvalue weighted by molar-refractivity contribution is -0.153. The number of carbonyl (C=O) groups is 2. The van der Waals surface area contributed by atoms with Crippen LogP contribution in [0.5, 0.6) is 11.5 Å². The van der Waals surface area contributed by atoms with Crippen molar-refractivity contribution in [1.29, 1.82) is 0 Å². The molecule has 0 spiro atoms. The number of halogens is 3. The predicted molar refractivity (Wildman–Crippen MR) is 106 cm³/mol. The maximum atomic E-state index is 12.2. The molecule has 6 nitrogen and oxygen atoms in total. The summed E-state index contributed by atoms with van der Waals surface area (Å²) in [6.45, 7) is 1.48. The Hall–Kier alpha value is -3.33. The summed E-state index contributed by atoms with van der Waals surface area (Å²) in [5.74, 6) is -0.929. The topological polar surface area (TPSA) is 71.1 Å². The van der Waals surface area contributed by atoms with Crippen LogP contribution in [-0.4, -0.2) is 44.5 Å². The van der Waals surface area contributed by atoms with Gasteiger partial charge in [0.15, 0.2) is 6.61 Å². The van der Waals surface area contributed by atoms with Crippen LogP contribution >= 0.6 is 0 Å². The second-order valence-corrected chi connectivity index (χ2v) is 6.08. The Balaban J connectivity index is 1.84. The van der Waals surface area contributed by atoms with Gasteiger partial charge in [0.25, 0.3) is 0 Å². The smallest absolute Gasteiger partial charge is 0.422 e. The molecule has 0 aliphatic rings. The van der Waals surface area contributed by atoms with E-state index in [1.54, 1.807) is 30.3 Å². The Kier molecular flexibility index (Phi) is 9.08. The zero-order valence-electron chi connectivity index (χ0n) is 16.7. The fourth-order valence-corrected chi connectivity index (χ4v) is 2.22. The molecule has 0 N–H and O–H groups in total. The highest BCUT2D eigenvalue weighted by Gasteiger charge is 2.28. The number of hydrogen-bond donors (Lipinski definition) is 0. The van der Waals surface area contributed by atoms with Crippen LogP contribution in [0.25, 0.3) is 6.08 Å². The third-order valence-electron chi connectivity index (χ3n) is 3.67. The minimum Gasteiger partial charge on any atom is -0.484 e. The number of rotatable bonds is 10. The monoisotopic (exact) mass is 438 g/mol. The molecule has 0 saturated carbocycles. The molecule has 2 aromatic carbocycles. The van der Waals surface area contributed by atoms with Gasteiger partial charge in [-0.3, -0.25) is 0 Å². The molecule has 0 unspecified atom stereocenters. The van der Waals surface area contributed by atoms with Gasteiger partial charge in [-0.1, -0.05) is 12.1 Å². The first-order valence-corrected chi connectivity index (χ1v) is 9.31. The fraction of sp³-hybridized carbons (Fsp3) is 0.273. The third-order valence-corrected chi connectivity index (χ3v) is 3.67. The highest BCUT2D eigenvalue weighted by molar-refractivity contribution is 5.91. The van der Waals surface area contributed by atoms with Crippen molar-refractivity contribution in [2.45, 2.75) is 13.1 Å². The SMILES string of the molecule is CCOCCOC(=O)C=Cc1ccc(OC(=O)c2ccc(OCC(F)(F)F)cc2)cc1. The van der Waals surface area contributed by atoms with E-state index in [0.717, 1.165) is 0 Å². The molecule has 0 radical (unpaired) electrons. The van der Waals surface area contributed by atoms with E-state index >= 15 is 0 Å². The molecule has 0 aromatic heterocycles. The number of esters is 2. The van der Waals surface area contributed by atoms with E-state index in [1.807, 2.05) is 6.92 Å². The maximum Gasteiger partial charge on any atom is 0.422 e. The highest BCUT2D eigenvalue weighted by atomic mass is 19.4. The summed E-state index contributed by atoms with van der Waals surface area (Å²) in [6.07, 6.45) is -1.62. The molecule has 2 aromatic rings. The quantitative estimate of drug-likeness (QED) is 0.236. The number of alkyl halides is 3. The van der Waals surface area contributed by atoms with Gasteiger partial charge < -0.3 is 18.9 Å². The standard InChI is InChI=1S/C22H21F3O6/c1-2-28-13-14-29-20(26)12-5-16-3-8-19(9-4-16)31-21(27)17-6-10-18(11-7-17)30-15-22(23,24)25/h3-12H,2,13-15H2,1H3. The molecule has 0 saturated heterocycles. The lowest BCUT2D eigenvalue weighted by atomic mass is 10.2. The van der Waals surface area contributed by atoms with Crippen LogP contribution in [0.3, 0.4) is 0 Å². The van der Waals surface area contributed by atoms with E-state index in [9.17, 15) is 22.8 Å². The van der Waals surface area contributed by atoms with Crippen molar-refractivity contribution in [2.24, 2.45) is 0 Å². The molecule has 0 heterocycles. The van der Waals surface area contributed by atoms with Crippen molar-refractivity contribution in [2.75, 3.05) is 26.4 Å². The van der Waals surface area contributed by atoms with E-state index in [4.69, 9.17) is 14.2 Å². The summed E-state index contributed by atoms with van der Waals surface area (Å²) in [6, 6.07) is 11.5. The first kappa shape index (κ1) is 23.9. The summed E-state index contributed by atoms with van der Waals surface area (Å²) in [5.41, 5.74) is 0.839. The molecular weight excluding hydrogens is 417 g/mol. The van der Waals surface area contributed by atoms with Crippen molar-refractivity contribution in [1.82, 2.24) is 0 Å². The van der Waals surface area contributed by atoms with Crippen LogP contribution in [0.4, 0.5) is 13.2 Å². The molecule has 0 amide bonds. The first-order valence-electron chi connectivity index (χ1n) is 9.31. The molecule has 0 fully saturated rings. The largest absolute Gasteiger partial charge is 0.484 e. The second-order valence-electron chi connectivity index (χ2n) is 6.08. The molecule has 0 aliphatic carbocycles. The first-order chi connectivity index (χ1) is 14.8. The molecule has 9 heteroatoms. The number of ether oxygens (including phenoxy) is 4. The summed E-state index contributed by atoms with van der Waals surface area (Å²) in [5, 5.41) is 0. The van der Waals surface area contributed by atoms with Gasteiger partial charge >= 0.3 is 18.1 Å². The van der Waals surface area contributed by atoms with Crippen molar-refractivity contribution >= 4 is 18.0 Å². The van der Waals surface area contributed by atoms with Gasteiger partial charge in [0.2, 0.25) is 0 Å². The Morgan fingerprint density at radius 3 is 2.19 bits per heavy atom. The average molecular weight is 438 g/mol.